The van der Waals surface area contributed by atoms with Gasteiger partial charge in [-0.1, -0.05) is 13.0 Å². The molecule has 2 heterocycles. The van der Waals surface area contributed by atoms with E-state index in [0.29, 0.717) is 11.5 Å². The quantitative estimate of drug-likeness (QED) is 0.915. The lowest BCUT2D eigenvalue weighted by Crippen LogP contribution is -2.39. The third kappa shape index (κ3) is 3.75. The van der Waals surface area contributed by atoms with Crippen LogP contribution >= 0.6 is 0 Å². The molecular formula is C20H25N3O. The average Bonchev–Trinajstić information content (AvgIpc) is 2.58. The van der Waals surface area contributed by atoms with Crippen LogP contribution in [0.15, 0.2) is 36.7 Å². The summed E-state index contributed by atoms with van der Waals surface area (Å²) in [6.07, 6.45) is 5.70. The fourth-order valence-corrected chi connectivity index (χ4v) is 3.17. The molecule has 1 aliphatic rings. The molecule has 4 nitrogen and oxygen atoms in total. The second kappa shape index (κ2) is 7.04. The number of aromatic nitrogens is 1. The molecule has 1 N–H and O–H groups in total. The predicted octanol–water partition coefficient (Wildman–Crippen LogP) is 4.31. The standard InChI is InChI=1S/C20H25N3O/c1-14-5-4-8-23(13-14)20(24)17-10-19(12-21-11-17)22-18-7-6-15(2)16(3)9-18/h6-7,9-12,14,22H,4-5,8,13H2,1-3H3. The third-order valence-electron chi connectivity index (χ3n) is 4.73. The number of piperidine rings is 1. The van der Waals surface area contributed by atoms with Gasteiger partial charge in [0.15, 0.2) is 0 Å². The van der Waals surface area contributed by atoms with Gasteiger partial charge in [-0.2, -0.15) is 0 Å². The number of benzene rings is 1. The SMILES string of the molecule is Cc1ccc(Nc2cncc(C(=O)N3CCCC(C)C3)c2)cc1C. The number of nitrogens with one attached hydrogen (secondary N) is 1. The van der Waals surface area contributed by atoms with Gasteiger partial charge in [0.25, 0.3) is 5.91 Å². The van der Waals surface area contributed by atoms with E-state index in [1.165, 1.54) is 17.5 Å². The summed E-state index contributed by atoms with van der Waals surface area (Å²) in [5, 5.41) is 3.35. The van der Waals surface area contributed by atoms with Crippen LogP contribution in [0.4, 0.5) is 11.4 Å². The van der Waals surface area contributed by atoms with Crippen LogP contribution in [0.1, 0.15) is 41.3 Å². The van der Waals surface area contributed by atoms with E-state index in [0.717, 1.165) is 30.9 Å². The van der Waals surface area contributed by atoms with Gasteiger partial charge in [0.05, 0.1) is 17.4 Å². The normalized spacial score (nSPS) is 17.6. The number of rotatable bonds is 3. The fourth-order valence-electron chi connectivity index (χ4n) is 3.17. The Hall–Kier alpha value is -2.36. The average molecular weight is 323 g/mol. The van der Waals surface area contributed by atoms with E-state index in [9.17, 15) is 4.79 Å². The molecule has 0 spiro atoms. The summed E-state index contributed by atoms with van der Waals surface area (Å²) in [7, 11) is 0. The summed E-state index contributed by atoms with van der Waals surface area (Å²) in [5.74, 6) is 0.658. The molecule has 0 saturated carbocycles. The van der Waals surface area contributed by atoms with Crippen molar-refractivity contribution in [2.45, 2.75) is 33.6 Å². The number of amides is 1. The number of anilines is 2. The lowest BCUT2D eigenvalue weighted by Gasteiger charge is -2.31. The van der Waals surface area contributed by atoms with Gasteiger partial charge in [-0.05, 0) is 61.9 Å². The maximum atomic E-state index is 12.7. The molecule has 3 rings (SSSR count). The van der Waals surface area contributed by atoms with Gasteiger partial charge in [0.1, 0.15) is 0 Å². The predicted molar refractivity (Wildman–Crippen MR) is 97.7 cm³/mol. The number of hydrogen-bond acceptors (Lipinski definition) is 3. The molecule has 1 amide bonds. The molecule has 4 heteroatoms. The van der Waals surface area contributed by atoms with Crippen LogP contribution in [-0.2, 0) is 0 Å². The van der Waals surface area contributed by atoms with Gasteiger partial charge >= 0.3 is 0 Å². The van der Waals surface area contributed by atoms with E-state index < -0.39 is 0 Å². The minimum absolute atomic E-state index is 0.0813. The zero-order valence-electron chi connectivity index (χ0n) is 14.7. The molecule has 0 bridgehead atoms. The highest BCUT2D eigenvalue weighted by molar-refractivity contribution is 5.95. The number of carbonyl (C=O) groups is 1. The molecule has 1 aromatic heterocycles. The number of aryl methyl sites for hydroxylation is 2. The Balaban J connectivity index is 1.76. The number of nitrogens with zero attached hydrogens (tertiary/aromatic N) is 2. The Kier molecular flexibility index (Phi) is 4.84. The summed E-state index contributed by atoms with van der Waals surface area (Å²) >= 11 is 0. The number of pyridine rings is 1. The largest absolute Gasteiger partial charge is 0.354 e. The minimum Gasteiger partial charge on any atom is -0.354 e. The second-order valence-electron chi connectivity index (χ2n) is 6.88. The molecule has 1 fully saturated rings. The lowest BCUT2D eigenvalue weighted by atomic mass is 10.00. The first kappa shape index (κ1) is 16.5. The van der Waals surface area contributed by atoms with Crippen molar-refractivity contribution in [1.29, 1.82) is 0 Å². The topological polar surface area (TPSA) is 45.2 Å². The van der Waals surface area contributed by atoms with Gasteiger partial charge in [-0.25, -0.2) is 0 Å². The molecule has 1 atom stereocenters. The van der Waals surface area contributed by atoms with Crippen molar-refractivity contribution in [3.8, 4) is 0 Å². The first-order valence-corrected chi connectivity index (χ1v) is 8.61. The molecule has 126 valence electrons. The van der Waals surface area contributed by atoms with Crippen molar-refractivity contribution < 1.29 is 4.79 Å². The molecule has 1 saturated heterocycles. The van der Waals surface area contributed by atoms with Crippen molar-refractivity contribution in [3.05, 3.63) is 53.3 Å². The Morgan fingerprint density at radius 2 is 2.00 bits per heavy atom. The van der Waals surface area contributed by atoms with E-state index in [2.05, 4.69) is 43.2 Å². The van der Waals surface area contributed by atoms with Crippen LogP contribution in [0.2, 0.25) is 0 Å². The zero-order valence-corrected chi connectivity index (χ0v) is 14.7. The van der Waals surface area contributed by atoms with Crippen molar-refractivity contribution in [2.24, 2.45) is 5.92 Å². The maximum absolute atomic E-state index is 12.7. The molecule has 2 aromatic rings. The van der Waals surface area contributed by atoms with Crippen molar-refractivity contribution in [2.75, 3.05) is 18.4 Å². The van der Waals surface area contributed by atoms with E-state index in [4.69, 9.17) is 0 Å². The monoisotopic (exact) mass is 323 g/mol. The molecule has 0 radical (unpaired) electrons. The summed E-state index contributed by atoms with van der Waals surface area (Å²) in [6.45, 7) is 8.08. The van der Waals surface area contributed by atoms with E-state index in [1.54, 1.807) is 12.4 Å². The Morgan fingerprint density at radius 1 is 1.17 bits per heavy atom. The highest BCUT2D eigenvalue weighted by Crippen LogP contribution is 2.22. The lowest BCUT2D eigenvalue weighted by molar-refractivity contribution is 0.0682. The van der Waals surface area contributed by atoms with Gasteiger partial charge in [0.2, 0.25) is 0 Å². The van der Waals surface area contributed by atoms with E-state index >= 15 is 0 Å². The maximum Gasteiger partial charge on any atom is 0.255 e. The fraction of sp³-hybridized carbons (Fsp3) is 0.400. The summed E-state index contributed by atoms with van der Waals surface area (Å²) in [6, 6.07) is 8.14. The van der Waals surface area contributed by atoms with Crippen molar-refractivity contribution in [1.82, 2.24) is 9.88 Å². The highest BCUT2D eigenvalue weighted by Gasteiger charge is 2.22. The van der Waals surface area contributed by atoms with Crippen LogP contribution in [0.5, 0.6) is 0 Å². The molecule has 1 aromatic carbocycles. The van der Waals surface area contributed by atoms with Crippen molar-refractivity contribution in [3.63, 3.8) is 0 Å². The van der Waals surface area contributed by atoms with E-state index in [-0.39, 0.29) is 5.91 Å². The van der Waals surface area contributed by atoms with E-state index in [1.807, 2.05) is 17.0 Å². The molecular weight excluding hydrogens is 298 g/mol. The minimum atomic E-state index is 0.0813. The summed E-state index contributed by atoms with van der Waals surface area (Å²) < 4.78 is 0. The second-order valence-corrected chi connectivity index (χ2v) is 6.88. The number of carbonyl (C=O) groups excluding carboxylic acids is 1. The van der Waals surface area contributed by atoms with Crippen LogP contribution < -0.4 is 5.32 Å². The summed E-state index contributed by atoms with van der Waals surface area (Å²) in [5.41, 5.74) is 5.01. The summed E-state index contributed by atoms with van der Waals surface area (Å²) in [4.78, 5) is 18.9. The zero-order chi connectivity index (χ0) is 17.1. The molecule has 24 heavy (non-hydrogen) atoms. The Morgan fingerprint density at radius 3 is 2.75 bits per heavy atom. The van der Waals surface area contributed by atoms with Crippen LogP contribution in [-0.4, -0.2) is 28.9 Å². The Labute approximate surface area is 143 Å². The van der Waals surface area contributed by atoms with Crippen molar-refractivity contribution >= 4 is 17.3 Å². The third-order valence-corrected chi connectivity index (χ3v) is 4.73. The van der Waals surface area contributed by atoms with Gasteiger partial charge in [-0.15, -0.1) is 0 Å². The molecule has 1 unspecified atom stereocenters. The van der Waals surface area contributed by atoms with Gasteiger partial charge in [-0.3, -0.25) is 9.78 Å². The van der Waals surface area contributed by atoms with Crippen LogP contribution in [0.25, 0.3) is 0 Å². The first-order valence-electron chi connectivity index (χ1n) is 8.61. The van der Waals surface area contributed by atoms with Gasteiger partial charge < -0.3 is 10.2 Å². The first-order chi connectivity index (χ1) is 11.5. The molecule has 1 aliphatic heterocycles. The highest BCUT2D eigenvalue weighted by atomic mass is 16.2. The smallest absolute Gasteiger partial charge is 0.255 e. The van der Waals surface area contributed by atoms with Gasteiger partial charge in [0, 0.05) is 25.0 Å². The number of likely N-dealkylation sites (tertiary alicyclic amines) is 1. The van der Waals surface area contributed by atoms with Crippen LogP contribution in [0, 0.1) is 19.8 Å². The number of hydrogen-bond donors (Lipinski definition) is 1. The Bertz CT molecular complexity index is 741. The van der Waals surface area contributed by atoms with Crippen LogP contribution in [0.3, 0.4) is 0 Å². The molecule has 0 aliphatic carbocycles.